The quantitative estimate of drug-likeness (QED) is 0.737. The molecule has 0 aliphatic heterocycles. The van der Waals surface area contributed by atoms with Crippen molar-refractivity contribution < 1.29 is 0 Å². The molecule has 0 heterocycles. The highest BCUT2D eigenvalue weighted by molar-refractivity contribution is 5.49. The van der Waals surface area contributed by atoms with Gasteiger partial charge in [-0.25, -0.2) is 0 Å². The molecule has 2 heteroatoms. The molecule has 100 valence electrons. The first kappa shape index (κ1) is 14.8. The molecule has 1 rings (SSSR count). The van der Waals surface area contributed by atoms with Gasteiger partial charge in [-0.05, 0) is 45.0 Å². The Morgan fingerprint density at radius 3 is 2.28 bits per heavy atom. The lowest BCUT2D eigenvalue weighted by atomic mass is 10.0. The summed E-state index contributed by atoms with van der Waals surface area (Å²) in [6, 6.07) is 9.79. The van der Waals surface area contributed by atoms with Gasteiger partial charge in [-0.15, -0.1) is 6.58 Å². The molecule has 0 saturated carbocycles. The van der Waals surface area contributed by atoms with Gasteiger partial charge in [0, 0.05) is 24.3 Å². The van der Waals surface area contributed by atoms with Crippen molar-refractivity contribution in [2.75, 3.05) is 18.5 Å². The van der Waals surface area contributed by atoms with Crippen LogP contribution in [0.3, 0.4) is 0 Å². The Kier molecular flexibility index (Phi) is 5.93. The summed E-state index contributed by atoms with van der Waals surface area (Å²) in [6.45, 7) is 11.3. The topological polar surface area (TPSA) is 15.3 Å². The Morgan fingerprint density at radius 2 is 1.89 bits per heavy atom. The van der Waals surface area contributed by atoms with E-state index < -0.39 is 0 Å². The van der Waals surface area contributed by atoms with Crippen LogP contribution in [0.4, 0.5) is 5.69 Å². The lowest BCUT2D eigenvalue weighted by Gasteiger charge is -2.28. The smallest absolute Gasteiger partial charge is 0.0371 e. The minimum Gasteiger partial charge on any atom is -0.365 e. The third-order valence-electron chi connectivity index (χ3n) is 3.33. The van der Waals surface area contributed by atoms with Crippen LogP contribution >= 0.6 is 0 Å². The minimum absolute atomic E-state index is 0.450. The molecular weight excluding hydrogens is 220 g/mol. The Hall–Kier alpha value is -1.28. The predicted molar refractivity (Wildman–Crippen MR) is 81.2 cm³/mol. The number of nitrogens with one attached hydrogen (secondary N) is 1. The number of nitrogens with zero attached hydrogens (tertiary/aromatic N) is 1. The van der Waals surface area contributed by atoms with Crippen LogP contribution in [0.2, 0.25) is 0 Å². The molecule has 1 unspecified atom stereocenters. The fraction of sp³-hybridized carbons (Fsp3) is 0.500. The maximum Gasteiger partial charge on any atom is 0.0371 e. The molecule has 0 amide bonds. The van der Waals surface area contributed by atoms with E-state index in [1.807, 2.05) is 13.1 Å². The first-order valence-electron chi connectivity index (χ1n) is 6.78. The summed E-state index contributed by atoms with van der Waals surface area (Å²) in [6.07, 6.45) is 3.06. The molecule has 2 nitrogen and oxygen atoms in total. The molecule has 18 heavy (non-hydrogen) atoms. The van der Waals surface area contributed by atoms with Crippen LogP contribution in [-0.4, -0.2) is 19.6 Å². The third kappa shape index (κ3) is 3.61. The summed E-state index contributed by atoms with van der Waals surface area (Å²) in [7, 11) is 2.01. The first-order valence-corrected chi connectivity index (χ1v) is 6.78. The average molecular weight is 246 g/mol. The zero-order valence-corrected chi connectivity index (χ0v) is 12.1. The van der Waals surface area contributed by atoms with Gasteiger partial charge in [0.25, 0.3) is 0 Å². The third-order valence-corrected chi connectivity index (χ3v) is 3.33. The first-order chi connectivity index (χ1) is 8.63. The molecule has 0 aliphatic carbocycles. The Bertz CT molecular complexity index is 350. The molecule has 0 aromatic heterocycles. The predicted octanol–water partition coefficient (Wildman–Crippen LogP) is 3.76. The maximum atomic E-state index is 3.83. The molecule has 1 atom stereocenters. The SMILES string of the molecule is C=CCN(c1ccc(C(CC)NC)cc1)C(C)C. The second-order valence-corrected chi connectivity index (χ2v) is 4.88. The minimum atomic E-state index is 0.450. The second-order valence-electron chi connectivity index (χ2n) is 4.88. The van der Waals surface area contributed by atoms with E-state index in [1.54, 1.807) is 0 Å². The summed E-state index contributed by atoms with van der Waals surface area (Å²) in [4.78, 5) is 2.34. The van der Waals surface area contributed by atoms with Gasteiger partial charge in [0.1, 0.15) is 0 Å². The molecule has 0 radical (unpaired) electrons. The molecule has 0 aliphatic rings. The largest absolute Gasteiger partial charge is 0.365 e. The normalized spacial score (nSPS) is 12.5. The molecule has 1 aromatic carbocycles. The van der Waals surface area contributed by atoms with Crippen molar-refractivity contribution in [3.63, 3.8) is 0 Å². The van der Waals surface area contributed by atoms with Gasteiger partial charge >= 0.3 is 0 Å². The molecule has 1 aromatic rings. The van der Waals surface area contributed by atoms with E-state index in [4.69, 9.17) is 0 Å². The molecule has 0 bridgehead atoms. The molecular formula is C16H26N2. The highest BCUT2D eigenvalue weighted by atomic mass is 15.1. The Labute approximate surface area is 112 Å². The van der Waals surface area contributed by atoms with Crippen LogP contribution in [0.25, 0.3) is 0 Å². The van der Waals surface area contributed by atoms with Crippen molar-refractivity contribution in [2.24, 2.45) is 0 Å². The summed E-state index contributed by atoms with van der Waals surface area (Å²) in [5, 5.41) is 3.33. The van der Waals surface area contributed by atoms with Crippen molar-refractivity contribution in [3.8, 4) is 0 Å². The van der Waals surface area contributed by atoms with Crippen molar-refractivity contribution in [1.29, 1.82) is 0 Å². The molecule has 0 saturated heterocycles. The van der Waals surface area contributed by atoms with Crippen molar-refractivity contribution in [1.82, 2.24) is 5.32 Å². The second kappa shape index (κ2) is 7.22. The molecule has 0 fully saturated rings. The number of anilines is 1. The maximum absolute atomic E-state index is 3.83. The number of rotatable bonds is 7. The van der Waals surface area contributed by atoms with E-state index in [2.05, 4.69) is 61.8 Å². The van der Waals surface area contributed by atoms with Gasteiger partial charge in [0.2, 0.25) is 0 Å². The number of hydrogen-bond donors (Lipinski definition) is 1. The average Bonchev–Trinajstić information content (AvgIpc) is 2.38. The highest BCUT2D eigenvalue weighted by Crippen LogP contribution is 2.22. The van der Waals surface area contributed by atoms with Gasteiger partial charge in [-0.2, -0.15) is 0 Å². The lowest BCUT2D eigenvalue weighted by molar-refractivity contribution is 0.577. The lowest BCUT2D eigenvalue weighted by Crippen LogP contribution is -2.30. The van der Waals surface area contributed by atoms with Crippen molar-refractivity contribution in [2.45, 2.75) is 39.3 Å². The fourth-order valence-electron chi connectivity index (χ4n) is 2.26. The van der Waals surface area contributed by atoms with Crippen LogP contribution in [0.1, 0.15) is 38.8 Å². The van der Waals surface area contributed by atoms with Gasteiger partial charge in [0.05, 0.1) is 0 Å². The van der Waals surface area contributed by atoms with Gasteiger partial charge < -0.3 is 10.2 Å². The molecule has 0 spiro atoms. The fourth-order valence-corrected chi connectivity index (χ4v) is 2.26. The van der Waals surface area contributed by atoms with E-state index in [0.29, 0.717) is 12.1 Å². The zero-order valence-electron chi connectivity index (χ0n) is 12.1. The summed E-state index contributed by atoms with van der Waals surface area (Å²) >= 11 is 0. The Morgan fingerprint density at radius 1 is 1.28 bits per heavy atom. The number of benzene rings is 1. The van der Waals surface area contributed by atoms with Crippen LogP contribution in [-0.2, 0) is 0 Å². The van der Waals surface area contributed by atoms with Gasteiger partial charge in [-0.1, -0.05) is 25.1 Å². The molecule has 1 N–H and O–H groups in total. The van der Waals surface area contributed by atoms with Crippen molar-refractivity contribution >= 4 is 5.69 Å². The van der Waals surface area contributed by atoms with Crippen LogP contribution < -0.4 is 10.2 Å². The van der Waals surface area contributed by atoms with E-state index >= 15 is 0 Å². The zero-order chi connectivity index (χ0) is 13.5. The number of hydrogen-bond acceptors (Lipinski definition) is 2. The summed E-state index contributed by atoms with van der Waals surface area (Å²) in [5.74, 6) is 0. The van der Waals surface area contributed by atoms with Gasteiger partial charge in [0.15, 0.2) is 0 Å². The van der Waals surface area contributed by atoms with Crippen LogP contribution in [0.15, 0.2) is 36.9 Å². The monoisotopic (exact) mass is 246 g/mol. The summed E-state index contributed by atoms with van der Waals surface area (Å²) < 4.78 is 0. The standard InChI is InChI=1S/C16H26N2/c1-6-12-18(13(3)4)15-10-8-14(9-11-15)16(7-2)17-5/h6,8-11,13,16-17H,1,7,12H2,2-5H3. The van der Waals surface area contributed by atoms with Gasteiger partial charge in [-0.3, -0.25) is 0 Å². The summed E-state index contributed by atoms with van der Waals surface area (Å²) in [5.41, 5.74) is 2.62. The van der Waals surface area contributed by atoms with Crippen LogP contribution in [0.5, 0.6) is 0 Å². The Balaban J connectivity index is 2.89. The van der Waals surface area contributed by atoms with E-state index in [0.717, 1.165) is 13.0 Å². The van der Waals surface area contributed by atoms with Crippen molar-refractivity contribution in [3.05, 3.63) is 42.5 Å². The van der Waals surface area contributed by atoms with Crippen LogP contribution in [0, 0.1) is 0 Å². The van der Waals surface area contributed by atoms with E-state index in [-0.39, 0.29) is 0 Å². The van der Waals surface area contributed by atoms with E-state index in [9.17, 15) is 0 Å². The highest BCUT2D eigenvalue weighted by Gasteiger charge is 2.10. The van der Waals surface area contributed by atoms with E-state index in [1.165, 1.54) is 11.3 Å².